The minimum absolute atomic E-state index is 0.136. The molecule has 0 aliphatic carbocycles. The summed E-state index contributed by atoms with van der Waals surface area (Å²) in [5.74, 6) is 0.319. The highest BCUT2D eigenvalue weighted by Gasteiger charge is 2.39. The van der Waals surface area contributed by atoms with Gasteiger partial charge in [-0.3, -0.25) is 24.6 Å². The van der Waals surface area contributed by atoms with E-state index >= 15 is 0 Å². The monoisotopic (exact) mass is 698 g/mol. The zero-order chi connectivity index (χ0) is 36.0. The van der Waals surface area contributed by atoms with E-state index in [0.717, 1.165) is 85.7 Å². The Morgan fingerprint density at radius 1 is 0.827 bits per heavy atom. The summed E-state index contributed by atoms with van der Waals surface area (Å²) >= 11 is 0. The van der Waals surface area contributed by atoms with Crippen LogP contribution >= 0.6 is 0 Å². The van der Waals surface area contributed by atoms with Crippen LogP contribution in [0.5, 0.6) is 11.5 Å². The molecular formula is C43H46N4O5. The van der Waals surface area contributed by atoms with E-state index in [0.29, 0.717) is 25.1 Å². The maximum absolute atomic E-state index is 13.1. The topological polar surface area (TPSA) is 102 Å². The van der Waals surface area contributed by atoms with Gasteiger partial charge in [0.2, 0.25) is 11.8 Å². The van der Waals surface area contributed by atoms with Crippen LogP contribution in [0.2, 0.25) is 0 Å². The van der Waals surface area contributed by atoms with Gasteiger partial charge >= 0.3 is 0 Å². The summed E-state index contributed by atoms with van der Waals surface area (Å²) in [4.78, 5) is 43.5. The Kier molecular flexibility index (Phi) is 10.7. The molecule has 2 N–H and O–H groups in total. The molecular weight excluding hydrogens is 652 g/mol. The summed E-state index contributed by atoms with van der Waals surface area (Å²) in [6, 6.07) is 31.7. The van der Waals surface area contributed by atoms with E-state index < -0.39 is 6.04 Å². The van der Waals surface area contributed by atoms with Gasteiger partial charge in [-0.25, -0.2) is 0 Å². The van der Waals surface area contributed by atoms with Crippen molar-refractivity contribution in [1.29, 1.82) is 0 Å². The van der Waals surface area contributed by atoms with Crippen LogP contribution in [0.25, 0.3) is 11.1 Å². The van der Waals surface area contributed by atoms with Crippen LogP contribution in [0.15, 0.2) is 97.1 Å². The summed E-state index contributed by atoms with van der Waals surface area (Å²) in [6.07, 6.45) is 3.52. The molecule has 2 saturated heterocycles. The van der Waals surface area contributed by atoms with Crippen LogP contribution in [0.3, 0.4) is 0 Å². The van der Waals surface area contributed by atoms with Crippen LogP contribution < -0.4 is 15.0 Å². The van der Waals surface area contributed by atoms with E-state index in [9.17, 15) is 19.5 Å². The third-order valence-corrected chi connectivity index (χ3v) is 10.5. The maximum atomic E-state index is 13.1. The minimum Gasteiger partial charge on any atom is -0.508 e. The summed E-state index contributed by atoms with van der Waals surface area (Å²) in [5, 5.41) is 12.3. The van der Waals surface area contributed by atoms with Gasteiger partial charge in [0.15, 0.2) is 0 Å². The third-order valence-electron chi connectivity index (χ3n) is 10.5. The normalized spacial score (nSPS) is 18.2. The van der Waals surface area contributed by atoms with Gasteiger partial charge in [-0.15, -0.1) is 0 Å². The second-order valence-electron chi connectivity index (χ2n) is 13.8. The van der Waals surface area contributed by atoms with Crippen molar-refractivity contribution in [3.05, 3.63) is 125 Å². The molecule has 3 aliphatic rings. The first-order valence-electron chi connectivity index (χ1n) is 18.4. The maximum Gasteiger partial charge on any atom is 0.255 e. The van der Waals surface area contributed by atoms with Gasteiger partial charge in [0, 0.05) is 50.4 Å². The van der Waals surface area contributed by atoms with Crippen molar-refractivity contribution in [1.82, 2.24) is 15.1 Å². The number of hydrogen-bond acceptors (Lipinski definition) is 7. The average Bonchev–Trinajstić information content (AvgIpc) is 3.50. The number of rotatable bonds is 12. The number of amides is 3. The number of fused-ring (bicyclic) bond motifs is 1. The van der Waals surface area contributed by atoms with E-state index in [1.807, 2.05) is 30.3 Å². The SMILES string of the molecule is CCC(=C(c1ccc(O)cc1)c1ccc(OCCCCN2CCN(c3ccc4c(c3)CN([C@H]3CCC(=O)NC3=O)C4=O)CC2)cc1)c1ccccc1. The Hall–Kier alpha value is -5.41. The molecule has 4 aromatic carbocycles. The summed E-state index contributed by atoms with van der Waals surface area (Å²) in [7, 11) is 0. The van der Waals surface area contributed by atoms with Gasteiger partial charge in [-0.1, -0.05) is 61.5 Å². The van der Waals surface area contributed by atoms with E-state index in [-0.39, 0.29) is 29.9 Å². The van der Waals surface area contributed by atoms with Crippen molar-refractivity contribution in [2.45, 2.75) is 51.6 Å². The molecule has 0 radical (unpaired) electrons. The van der Waals surface area contributed by atoms with Crippen molar-refractivity contribution in [3.63, 3.8) is 0 Å². The Morgan fingerprint density at radius 2 is 1.54 bits per heavy atom. The average molecular weight is 699 g/mol. The summed E-state index contributed by atoms with van der Waals surface area (Å²) in [5.41, 5.74) is 8.47. The van der Waals surface area contributed by atoms with Gasteiger partial charge in [0.05, 0.1) is 6.61 Å². The fourth-order valence-corrected chi connectivity index (χ4v) is 7.64. The number of benzene rings is 4. The van der Waals surface area contributed by atoms with E-state index in [4.69, 9.17) is 4.74 Å². The Labute approximate surface area is 305 Å². The number of nitrogens with zero attached hydrogens (tertiary/aromatic N) is 3. The third kappa shape index (κ3) is 7.75. The standard InChI is InChI=1S/C43H46N4O5/c1-2-37(30-8-4-3-5-9-30)41(31-10-15-35(48)16-11-31)32-12-17-36(18-13-32)52-27-7-6-22-45-23-25-46(26-24-45)34-14-19-38-33(28-34)29-47(43(38)51)39-20-21-40(49)44-42(39)50/h3-5,8-19,28,39,48H,2,6-7,20-27,29H2,1H3,(H,44,49,50)/t39-/m0/s1. The molecule has 0 unspecified atom stereocenters. The second kappa shape index (κ2) is 15.9. The van der Waals surface area contributed by atoms with E-state index in [2.05, 4.69) is 76.6 Å². The van der Waals surface area contributed by atoms with Gasteiger partial charge in [0.1, 0.15) is 17.5 Å². The Bertz CT molecular complexity index is 1930. The highest BCUT2D eigenvalue weighted by atomic mass is 16.5. The number of anilines is 1. The quantitative estimate of drug-likeness (QED) is 0.0990. The number of allylic oxidation sites excluding steroid dienone is 1. The number of carbonyl (C=O) groups is 3. The van der Waals surface area contributed by atoms with Gasteiger partial charge in [-0.05, 0) is 108 Å². The highest BCUT2D eigenvalue weighted by molar-refractivity contribution is 6.05. The Balaban J connectivity index is 0.878. The molecule has 1 atom stereocenters. The van der Waals surface area contributed by atoms with Crippen LogP contribution in [0.4, 0.5) is 5.69 Å². The molecule has 9 nitrogen and oxygen atoms in total. The number of phenolic OH excluding ortho intramolecular Hbond substituents is 1. The minimum atomic E-state index is -0.595. The van der Waals surface area contributed by atoms with Crippen LogP contribution in [-0.4, -0.2) is 78.0 Å². The molecule has 3 heterocycles. The van der Waals surface area contributed by atoms with Gasteiger partial charge in [0.25, 0.3) is 5.91 Å². The molecule has 9 heteroatoms. The van der Waals surface area contributed by atoms with E-state index in [1.54, 1.807) is 17.0 Å². The number of phenols is 1. The molecule has 4 aromatic rings. The fraction of sp³-hybridized carbons (Fsp3) is 0.326. The Morgan fingerprint density at radius 3 is 2.23 bits per heavy atom. The first-order valence-corrected chi connectivity index (χ1v) is 18.4. The van der Waals surface area contributed by atoms with Crippen LogP contribution in [0, 0.1) is 0 Å². The molecule has 268 valence electrons. The molecule has 2 fully saturated rings. The number of piperidine rings is 1. The molecule has 0 saturated carbocycles. The predicted octanol–water partition coefficient (Wildman–Crippen LogP) is 6.50. The first kappa shape index (κ1) is 35.0. The lowest BCUT2D eigenvalue weighted by Gasteiger charge is -2.36. The fourth-order valence-electron chi connectivity index (χ4n) is 7.64. The molecule has 3 aliphatic heterocycles. The van der Waals surface area contributed by atoms with Crippen LogP contribution in [0.1, 0.15) is 71.6 Å². The molecule has 7 rings (SSSR count). The van der Waals surface area contributed by atoms with Gasteiger partial charge < -0.3 is 19.6 Å². The predicted molar refractivity (Wildman–Crippen MR) is 203 cm³/mol. The van der Waals surface area contributed by atoms with Crippen molar-refractivity contribution in [2.75, 3.05) is 44.2 Å². The number of imide groups is 1. The van der Waals surface area contributed by atoms with Crippen LogP contribution in [-0.2, 0) is 16.1 Å². The molecule has 52 heavy (non-hydrogen) atoms. The second-order valence-corrected chi connectivity index (χ2v) is 13.8. The van der Waals surface area contributed by atoms with Crippen molar-refractivity contribution >= 4 is 34.6 Å². The largest absolute Gasteiger partial charge is 0.508 e. The highest BCUT2D eigenvalue weighted by Crippen LogP contribution is 2.36. The molecule has 0 aromatic heterocycles. The van der Waals surface area contributed by atoms with Crippen molar-refractivity contribution < 1.29 is 24.2 Å². The number of piperazine rings is 1. The number of hydrogen-bond donors (Lipinski definition) is 2. The lowest BCUT2D eigenvalue weighted by atomic mass is 9.88. The molecule has 0 bridgehead atoms. The van der Waals surface area contributed by atoms with E-state index in [1.165, 1.54) is 11.1 Å². The van der Waals surface area contributed by atoms with Gasteiger partial charge in [-0.2, -0.15) is 0 Å². The summed E-state index contributed by atoms with van der Waals surface area (Å²) < 4.78 is 6.16. The lowest BCUT2D eigenvalue weighted by Crippen LogP contribution is -2.52. The number of aromatic hydroxyl groups is 1. The van der Waals surface area contributed by atoms with Crippen molar-refractivity contribution in [2.24, 2.45) is 0 Å². The number of carbonyl (C=O) groups excluding carboxylic acids is 3. The number of nitrogens with one attached hydrogen (secondary N) is 1. The zero-order valence-electron chi connectivity index (χ0n) is 29.7. The number of unbranched alkanes of at least 4 members (excludes halogenated alkanes) is 1. The molecule has 0 spiro atoms. The zero-order valence-corrected chi connectivity index (χ0v) is 29.7. The lowest BCUT2D eigenvalue weighted by molar-refractivity contribution is -0.136. The smallest absolute Gasteiger partial charge is 0.255 e. The molecule has 3 amide bonds. The first-order chi connectivity index (χ1) is 25.4. The number of ether oxygens (including phenoxy) is 1. The summed E-state index contributed by atoms with van der Waals surface area (Å²) in [6.45, 7) is 8.03. The van der Waals surface area contributed by atoms with Crippen molar-refractivity contribution in [3.8, 4) is 11.5 Å².